The largest absolute Gasteiger partial charge is 0.273 e. The summed E-state index contributed by atoms with van der Waals surface area (Å²) in [6, 6.07) is 10.9. The summed E-state index contributed by atoms with van der Waals surface area (Å²) >= 11 is 0. The lowest BCUT2D eigenvalue weighted by atomic mass is 10.1. The lowest BCUT2D eigenvalue weighted by Crippen LogP contribution is -2.27. The van der Waals surface area contributed by atoms with Gasteiger partial charge in [0.1, 0.15) is 0 Å². The molecule has 0 aromatic heterocycles. The number of rotatable bonds is 5. The Morgan fingerprint density at radius 3 is 2.26 bits per heavy atom. The monoisotopic (exact) mass is 334 g/mol. The van der Waals surface area contributed by atoms with Crippen LogP contribution < -0.4 is 4.72 Å². The summed E-state index contributed by atoms with van der Waals surface area (Å²) in [6.45, 7) is 5.24. The van der Waals surface area contributed by atoms with Crippen molar-refractivity contribution in [3.63, 3.8) is 0 Å². The molecule has 23 heavy (non-hydrogen) atoms. The third-order valence-electron chi connectivity index (χ3n) is 3.60. The Balaban J connectivity index is 2.30. The van der Waals surface area contributed by atoms with Gasteiger partial charge in [-0.2, -0.15) is 0 Å². The maximum Gasteiger partial charge on any atom is 0.273 e. The molecule has 0 aliphatic heterocycles. The number of hydrogen-bond acceptors (Lipinski definition) is 4. The van der Waals surface area contributed by atoms with E-state index in [0.717, 1.165) is 17.2 Å². The molecule has 0 aliphatic rings. The van der Waals surface area contributed by atoms with Crippen LogP contribution in [0, 0.1) is 24.0 Å². The molecule has 6 nitrogen and oxygen atoms in total. The van der Waals surface area contributed by atoms with Gasteiger partial charge in [-0.3, -0.25) is 10.1 Å². The molecule has 7 heteroatoms. The highest BCUT2D eigenvalue weighted by Crippen LogP contribution is 2.23. The van der Waals surface area contributed by atoms with E-state index in [1.54, 1.807) is 13.8 Å². The Bertz CT molecular complexity index is 830. The molecule has 0 unspecified atom stereocenters. The van der Waals surface area contributed by atoms with Gasteiger partial charge in [-0.25, -0.2) is 13.1 Å². The van der Waals surface area contributed by atoms with Crippen molar-refractivity contribution in [2.45, 2.75) is 31.7 Å². The predicted molar refractivity (Wildman–Crippen MR) is 87.7 cm³/mol. The van der Waals surface area contributed by atoms with Crippen LogP contribution in [-0.2, 0) is 10.0 Å². The zero-order chi connectivity index (χ0) is 17.2. The van der Waals surface area contributed by atoms with Crippen molar-refractivity contribution < 1.29 is 13.3 Å². The van der Waals surface area contributed by atoms with E-state index in [1.807, 2.05) is 31.2 Å². The molecule has 0 heterocycles. The fourth-order valence-corrected chi connectivity index (χ4v) is 3.43. The van der Waals surface area contributed by atoms with Crippen LogP contribution in [0.1, 0.15) is 29.7 Å². The fraction of sp³-hybridized carbons (Fsp3) is 0.250. The van der Waals surface area contributed by atoms with E-state index >= 15 is 0 Å². The Morgan fingerprint density at radius 1 is 1.09 bits per heavy atom. The van der Waals surface area contributed by atoms with Crippen LogP contribution in [0.4, 0.5) is 5.69 Å². The van der Waals surface area contributed by atoms with Gasteiger partial charge in [0.05, 0.1) is 9.82 Å². The topological polar surface area (TPSA) is 89.3 Å². The van der Waals surface area contributed by atoms with E-state index in [2.05, 4.69) is 4.72 Å². The van der Waals surface area contributed by atoms with Crippen molar-refractivity contribution >= 4 is 15.7 Å². The predicted octanol–water partition coefficient (Wildman–Crippen LogP) is 3.25. The summed E-state index contributed by atoms with van der Waals surface area (Å²) in [5, 5.41) is 11.0. The van der Waals surface area contributed by atoms with Gasteiger partial charge in [0.15, 0.2) is 0 Å². The van der Waals surface area contributed by atoms with Gasteiger partial charge in [-0.1, -0.05) is 35.9 Å². The molecular weight excluding hydrogens is 316 g/mol. The minimum Gasteiger partial charge on any atom is -0.258 e. The normalized spacial score (nSPS) is 12.8. The molecule has 0 saturated heterocycles. The van der Waals surface area contributed by atoms with Crippen LogP contribution in [0.2, 0.25) is 0 Å². The van der Waals surface area contributed by atoms with Crippen molar-refractivity contribution in [2.75, 3.05) is 0 Å². The van der Waals surface area contributed by atoms with Gasteiger partial charge in [-0.15, -0.1) is 0 Å². The maximum absolute atomic E-state index is 12.4. The van der Waals surface area contributed by atoms with Crippen LogP contribution in [-0.4, -0.2) is 13.3 Å². The summed E-state index contributed by atoms with van der Waals surface area (Å²) in [7, 11) is -3.85. The number of nitro benzene ring substituents is 1. The minimum absolute atomic E-state index is 0.117. The zero-order valence-corrected chi connectivity index (χ0v) is 13.9. The standard InChI is InChI=1S/C16H18N2O4S/c1-11-4-7-14(8-5-11)13(3)17-23(21,22)15-9-6-12(2)16(10-15)18(19)20/h4-10,13,17H,1-3H3/t13-/m1/s1. The van der Waals surface area contributed by atoms with E-state index in [4.69, 9.17) is 0 Å². The van der Waals surface area contributed by atoms with Crippen molar-refractivity contribution in [2.24, 2.45) is 0 Å². The number of nitrogens with zero attached hydrogens (tertiary/aromatic N) is 1. The third kappa shape index (κ3) is 3.94. The Hall–Kier alpha value is -2.25. The van der Waals surface area contributed by atoms with E-state index in [0.29, 0.717) is 5.56 Å². The van der Waals surface area contributed by atoms with Crippen molar-refractivity contribution in [3.8, 4) is 0 Å². The second-order valence-electron chi connectivity index (χ2n) is 5.46. The van der Waals surface area contributed by atoms with Gasteiger partial charge >= 0.3 is 0 Å². The first kappa shape index (κ1) is 17.1. The molecule has 2 aromatic carbocycles. The number of benzene rings is 2. The van der Waals surface area contributed by atoms with Crippen molar-refractivity contribution in [3.05, 3.63) is 69.3 Å². The zero-order valence-electron chi connectivity index (χ0n) is 13.1. The molecule has 0 radical (unpaired) electrons. The minimum atomic E-state index is -3.85. The second-order valence-corrected chi connectivity index (χ2v) is 7.17. The van der Waals surface area contributed by atoms with Crippen LogP contribution in [0.5, 0.6) is 0 Å². The highest BCUT2D eigenvalue weighted by Gasteiger charge is 2.22. The number of hydrogen-bond donors (Lipinski definition) is 1. The summed E-state index contributed by atoms with van der Waals surface area (Å²) in [5.41, 5.74) is 2.11. The van der Waals surface area contributed by atoms with E-state index < -0.39 is 21.0 Å². The van der Waals surface area contributed by atoms with Crippen molar-refractivity contribution in [1.82, 2.24) is 4.72 Å². The first-order valence-electron chi connectivity index (χ1n) is 7.04. The van der Waals surface area contributed by atoms with Crippen LogP contribution in [0.25, 0.3) is 0 Å². The lowest BCUT2D eigenvalue weighted by molar-refractivity contribution is -0.385. The number of nitro groups is 1. The van der Waals surface area contributed by atoms with Gasteiger partial charge in [-0.05, 0) is 32.4 Å². The smallest absolute Gasteiger partial charge is 0.258 e. The van der Waals surface area contributed by atoms with E-state index in [-0.39, 0.29) is 10.6 Å². The van der Waals surface area contributed by atoms with Crippen LogP contribution in [0.3, 0.4) is 0 Å². The molecule has 0 aliphatic carbocycles. The molecule has 0 bridgehead atoms. The fourth-order valence-electron chi connectivity index (χ4n) is 2.18. The van der Waals surface area contributed by atoms with Crippen molar-refractivity contribution in [1.29, 1.82) is 0 Å². The summed E-state index contributed by atoms with van der Waals surface area (Å²) in [6.07, 6.45) is 0. The molecule has 0 fully saturated rings. The summed E-state index contributed by atoms with van der Waals surface area (Å²) < 4.78 is 27.4. The number of sulfonamides is 1. The lowest BCUT2D eigenvalue weighted by Gasteiger charge is -2.15. The molecule has 2 rings (SSSR count). The molecule has 1 N–H and O–H groups in total. The van der Waals surface area contributed by atoms with Gasteiger partial charge in [0.25, 0.3) is 5.69 Å². The highest BCUT2D eigenvalue weighted by molar-refractivity contribution is 7.89. The molecule has 0 spiro atoms. The first-order valence-corrected chi connectivity index (χ1v) is 8.53. The average molecular weight is 334 g/mol. The molecule has 122 valence electrons. The molecule has 0 amide bonds. The highest BCUT2D eigenvalue weighted by atomic mass is 32.2. The summed E-state index contributed by atoms with van der Waals surface area (Å²) in [5.74, 6) is 0. The van der Waals surface area contributed by atoms with Gasteiger partial charge < -0.3 is 0 Å². The van der Waals surface area contributed by atoms with Gasteiger partial charge in [0.2, 0.25) is 10.0 Å². The number of nitrogens with one attached hydrogen (secondary N) is 1. The maximum atomic E-state index is 12.4. The SMILES string of the molecule is Cc1ccc([C@@H](C)NS(=O)(=O)c2ccc(C)c([N+](=O)[O-])c2)cc1. The molecule has 2 aromatic rings. The third-order valence-corrected chi connectivity index (χ3v) is 5.14. The first-order chi connectivity index (χ1) is 10.7. The Labute approximate surface area is 135 Å². The number of aryl methyl sites for hydroxylation is 2. The molecule has 1 atom stereocenters. The Morgan fingerprint density at radius 2 is 1.70 bits per heavy atom. The second kappa shape index (κ2) is 6.47. The Kier molecular flexibility index (Phi) is 4.82. The van der Waals surface area contributed by atoms with Crippen LogP contribution >= 0.6 is 0 Å². The van der Waals surface area contributed by atoms with E-state index in [9.17, 15) is 18.5 Å². The summed E-state index contributed by atoms with van der Waals surface area (Å²) in [4.78, 5) is 10.3. The molecule has 0 saturated carbocycles. The van der Waals surface area contributed by atoms with Crippen LogP contribution in [0.15, 0.2) is 47.4 Å². The quantitative estimate of drug-likeness (QED) is 0.671. The van der Waals surface area contributed by atoms with Gasteiger partial charge in [0, 0.05) is 17.7 Å². The average Bonchev–Trinajstić information content (AvgIpc) is 2.47. The van der Waals surface area contributed by atoms with E-state index in [1.165, 1.54) is 12.1 Å². The molecular formula is C16H18N2O4S.